The van der Waals surface area contributed by atoms with Crippen molar-refractivity contribution in [2.45, 2.75) is 12.7 Å². The minimum atomic E-state index is -4.45. The molecule has 0 aliphatic carbocycles. The largest absolute Gasteiger partial charge is 0.478 e. The van der Waals surface area contributed by atoms with Crippen molar-refractivity contribution >= 4 is 28.5 Å². The Morgan fingerprint density at radius 3 is 2.46 bits per heavy atom. The molecule has 3 nitrogen and oxygen atoms in total. The van der Waals surface area contributed by atoms with Gasteiger partial charge in [-0.15, -0.1) is 0 Å². The van der Waals surface area contributed by atoms with Crippen LogP contribution in [0.1, 0.15) is 10.4 Å². The molecule has 3 rings (SSSR count). The van der Waals surface area contributed by atoms with Gasteiger partial charge in [0, 0.05) is 22.1 Å². The van der Waals surface area contributed by atoms with Gasteiger partial charge < -0.3 is 9.67 Å². The molecule has 0 aliphatic heterocycles. The second-order valence-corrected chi connectivity index (χ2v) is 5.77. The van der Waals surface area contributed by atoms with Crippen molar-refractivity contribution in [1.82, 2.24) is 4.57 Å². The molecule has 0 radical (unpaired) electrons. The van der Waals surface area contributed by atoms with Gasteiger partial charge >= 0.3 is 12.1 Å². The van der Waals surface area contributed by atoms with E-state index >= 15 is 0 Å². The molecule has 3 aromatic rings. The monoisotopic (exact) mass is 353 g/mol. The quantitative estimate of drug-likeness (QED) is 0.701. The van der Waals surface area contributed by atoms with E-state index < -0.39 is 18.7 Å². The van der Waals surface area contributed by atoms with Crippen molar-refractivity contribution in [3.63, 3.8) is 0 Å². The number of alkyl halides is 3. The van der Waals surface area contributed by atoms with Crippen molar-refractivity contribution in [3.05, 3.63) is 59.2 Å². The highest BCUT2D eigenvalue weighted by atomic mass is 35.5. The SMILES string of the molecule is O=C(O)c1cn(CC(F)(F)F)c2cc(-c3cccc(Cl)c3)ccc12. The first kappa shape index (κ1) is 16.4. The first-order valence-electron chi connectivity index (χ1n) is 6.93. The van der Waals surface area contributed by atoms with Crippen LogP contribution in [0.4, 0.5) is 13.2 Å². The highest BCUT2D eigenvalue weighted by molar-refractivity contribution is 6.30. The van der Waals surface area contributed by atoms with E-state index in [0.29, 0.717) is 10.6 Å². The maximum absolute atomic E-state index is 12.8. The zero-order chi connectivity index (χ0) is 17.5. The predicted octanol–water partition coefficient (Wildman–Crippen LogP) is 5.22. The molecule has 1 N–H and O–H groups in total. The molecule has 0 aliphatic rings. The summed E-state index contributed by atoms with van der Waals surface area (Å²) in [6, 6.07) is 11.6. The Balaban J connectivity index is 2.20. The van der Waals surface area contributed by atoms with Crippen LogP contribution in [0.15, 0.2) is 48.7 Å². The van der Waals surface area contributed by atoms with Gasteiger partial charge in [0.15, 0.2) is 0 Å². The van der Waals surface area contributed by atoms with Crippen LogP contribution in [0, 0.1) is 0 Å². The number of hydrogen-bond donors (Lipinski definition) is 1. The van der Waals surface area contributed by atoms with Crippen molar-refractivity contribution in [3.8, 4) is 11.1 Å². The van der Waals surface area contributed by atoms with Gasteiger partial charge in [0.1, 0.15) is 6.54 Å². The Hall–Kier alpha value is -2.47. The summed E-state index contributed by atoms with van der Waals surface area (Å²) in [6.45, 7) is -1.25. The molecule has 2 aromatic carbocycles. The molecule has 0 amide bonds. The third-order valence-electron chi connectivity index (χ3n) is 3.62. The number of halogens is 4. The predicted molar refractivity (Wildman–Crippen MR) is 85.4 cm³/mol. The molecule has 0 saturated carbocycles. The first-order chi connectivity index (χ1) is 11.2. The Kier molecular flexibility index (Phi) is 4.01. The first-order valence-corrected chi connectivity index (χ1v) is 7.31. The molecule has 24 heavy (non-hydrogen) atoms. The van der Waals surface area contributed by atoms with E-state index in [9.17, 15) is 23.1 Å². The van der Waals surface area contributed by atoms with E-state index in [-0.39, 0.29) is 16.5 Å². The second kappa shape index (κ2) is 5.87. The Morgan fingerprint density at radius 2 is 1.83 bits per heavy atom. The topological polar surface area (TPSA) is 42.2 Å². The van der Waals surface area contributed by atoms with E-state index in [4.69, 9.17) is 11.6 Å². The molecule has 0 unspecified atom stereocenters. The van der Waals surface area contributed by atoms with Gasteiger partial charge in [0.25, 0.3) is 0 Å². The van der Waals surface area contributed by atoms with Crippen LogP contribution in [0.25, 0.3) is 22.0 Å². The number of carbonyl (C=O) groups is 1. The lowest BCUT2D eigenvalue weighted by Gasteiger charge is -2.10. The van der Waals surface area contributed by atoms with Crippen LogP contribution in [0.2, 0.25) is 5.02 Å². The second-order valence-electron chi connectivity index (χ2n) is 5.33. The summed E-state index contributed by atoms with van der Waals surface area (Å²) in [6.07, 6.45) is -3.43. The summed E-state index contributed by atoms with van der Waals surface area (Å²) in [4.78, 5) is 11.3. The van der Waals surface area contributed by atoms with Gasteiger partial charge in [-0.2, -0.15) is 13.2 Å². The smallest absolute Gasteiger partial charge is 0.406 e. The van der Waals surface area contributed by atoms with E-state index in [1.165, 1.54) is 6.07 Å². The fourth-order valence-electron chi connectivity index (χ4n) is 2.63. The van der Waals surface area contributed by atoms with Gasteiger partial charge in [-0.1, -0.05) is 35.9 Å². The number of carboxylic acid groups (broad SMARTS) is 1. The molecule has 0 spiro atoms. The fourth-order valence-corrected chi connectivity index (χ4v) is 2.82. The fraction of sp³-hybridized carbons (Fsp3) is 0.118. The molecule has 124 valence electrons. The zero-order valence-electron chi connectivity index (χ0n) is 12.1. The lowest BCUT2D eigenvalue weighted by molar-refractivity contribution is -0.139. The number of benzene rings is 2. The molecule has 7 heteroatoms. The molecular formula is C17H11ClF3NO2. The minimum Gasteiger partial charge on any atom is -0.478 e. The highest BCUT2D eigenvalue weighted by Gasteiger charge is 2.29. The normalized spacial score (nSPS) is 11.8. The Labute approximate surface area is 139 Å². The average molecular weight is 354 g/mol. The van der Waals surface area contributed by atoms with E-state index in [2.05, 4.69) is 0 Å². The van der Waals surface area contributed by atoms with Gasteiger partial charge in [-0.3, -0.25) is 0 Å². The molecule has 1 heterocycles. The van der Waals surface area contributed by atoms with Gasteiger partial charge in [-0.25, -0.2) is 4.79 Å². The number of aromatic nitrogens is 1. The van der Waals surface area contributed by atoms with E-state index in [1.54, 1.807) is 36.4 Å². The maximum atomic E-state index is 12.8. The number of carboxylic acids is 1. The number of aromatic carboxylic acids is 1. The minimum absolute atomic E-state index is 0.160. The summed E-state index contributed by atoms with van der Waals surface area (Å²) in [5, 5.41) is 9.97. The standard InChI is InChI=1S/C17H11ClF3NO2/c18-12-3-1-2-10(6-12)11-4-5-13-14(16(23)24)8-22(15(13)7-11)9-17(19,20)21/h1-8H,9H2,(H,23,24). The third kappa shape index (κ3) is 3.23. The number of rotatable bonds is 3. The summed E-state index contributed by atoms with van der Waals surface area (Å²) in [5.74, 6) is -1.27. The number of fused-ring (bicyclic) bond motifs is 1. The summed E-state index contributed by atoms with van der Waals surface area (Å²) in [5.41, 5.74) is 1.44. The lowest BCUT2D eigenvalue weighted by atomic mass is 10.0. The molecule has 0 atom stereocenters. The zero-order valence-corrected chi connectivity index (χ0v) is 12.9. The Morgan fingerprint density at radius 1 is 1.12 bits per heavy atom. The van der Waals surface area contributed by atoms with Gasteiger partial charge in [0.2, 0.25) is 0 Å². The number of hydrogen-bond acceptors (Lipinski definition) is 1. The molecular weight excluding hydrogens is 343 g/mol. The van der Waals surface area contributed by atoms with Crippen LogP contribution in [0.5, 0.6) is 0 Å². The molecule has 0 fully saturated rings. The lowest BCUT2D eigenvalue weighted by Crippen LogP contribution is -2.16. The van der Waals surface area contributed by atoms with Gasteiger partial charge in [0.05, 0.1) is 5.56 Å². The molecule has 0 bridgehead atoms. The van der Waals surface area contributed by atoms with Gasteiger partial charge in [-0.05, 0) is 29.3 Å². The average Bonchev–Trinajstić information content (AvgIpc) is 2.84. The highest BCUT2D eigenvalue weighted by Crippen LogP contribution is 2.31. The summed E-state index contributed by atoms with van der Waals surface area (Å²) in [7, 11) is 0. The van der Waals surface area contributed by atoms with Crippen LogP contribution >= 0.6 is 11.6 Å². The summed E-state index contributed by atoms with van der Waals surface area (Å²) < 4.78 is 39.2. The summed E-state index contributed by atoms with van der Waals surface area (Å²) >= 11 is 5.95. The van der Waals surface area contributed by atoms with Crippen LogP contribution in [0.3, 0.4) is 0 Å². The van der Waals surface area contributed by atoms with Crippen molar-refractivity contribution < 1.29 is 23.1 Å². The third-order valence-corrected chi connectivity index (χ3v) is 3.86. The van der Waals surface area contributed by atoms with Crippen molar-refractivity contribution in [1.29, 1.82) is 0 Å². The van der Waals surface area contributed by atoms with Crippen LogP contribution in [-0.2, 0) is 6.54 Å². The van der Waals surface area contributed by atoms with Crippen molar-refractivity contribution in [2.24, 2.45) is 0 Å². The van der Waals surface area contributed by atoms with E-state index in [1.807, 2.05) is 0 Å². The van der Waals surface area contributed by atoms with Crippen LogP contribution in [-0.4, -0.2) is 21.8 Å². The van der Waals surface area contributed by atoms with E-state index in [0.717, 1.165) is 16.3 Å². The van der Waals surface area contributed by atoms with Crippen molar-refractivity contribution in [2.75, 3.05) is 0 Å². The Bertz CT molecular complexity index is 931. The molecule has 1 aromatic heterocycles. The number of nitrogens with zero attached hydrogens (tertiary/aromatic N) is 1. The maximum Gasteiger partial charge on any atom is 0.406 e. The molecule has 0 saturated heterocycles. The van der Waals surface area contributed by atoms with Crippen LogP contribution < -0.4 is 0 Å².